The molecule has 2 unspecified atom stereocenters. The molecule has 17 heavy (non-hydrogen) atoms. The molecule has 1 N–H and O–H groups in total. The minimum atomic E-state index is -0.356. The molecular formula is C14H23NOS. The van der Waals surface area contributed by atoms with Gasteiger partial charge in [-0.1, -0.05) is 19.4 Å². The van der Waals surface area contributed by atoms with Gasteiger partial charge in [-0.15, -0.1) is 11.3 Å². The van der Waals surface area contributed by atoms with Gasteiger partial charge in [0.05, 0.1) is 0 Å². The fraction of sp³-hybridized carbons (Fsp3) is 0.714. The van der Waals surface area contributed by atoms with Crippen LogP contribution in [0.3, 0.4) is 0 Å². The van der Waals surface area contributed by atoms with Gasteiger partial charge in [0.25, 0.3) is 0 Å². The Kier molecular flexibility index (Phi) is 4.23. The molecule has 0 radical (unpaired) electrons. The van der Waals surface area contributed by atoms with Crippen molar-refractivity contribution in [1.29, 1.82) is 0 Å². The van der Waals surface area contributed by atoms with Crippen LogP contribution in [0.1, 0.15) is 50.5 Å². The Hall–Kier alpha value is -0.380. The van der Waals surface area contributed by atoms with E-state index in [1.165, 1.54) is 19.3 Å². The molecule has 2 rings (SSSR count). The second-order valence-electron chi connectivity index (χ2n) is 5.18. The van der Waals surface area contributed by atoms with E-state index in [4.69, 9.17) is 0 Å². The first-order valence-corrected chi connectivity index (χ1v) is 7.53. The van der Waals surface area contributed by atoms with E-state index in [1.54, 1.807) is 11.3 Å². The zero-order valence-corrected chi connectivity index (χ0v) is 11.7. The van der Waals surface area contributed by atoms with Gasteiger partial charge in [-0.3, -0.25) is 4.90 Å². The van der Waals surface area contributed by atoms with Gasteiger partial charge in [-0.05, 0) is 50.7 Å². The van der Waals surface area contributed by atoms with Gasteiger partial charge in [-0.2, -0.15) is 0 Å². The van der Waals surface area contributed by atoms with E-state index in [-0.39, 0.29) is 11.6 Å². The molecule has 0 spiro atoms. The lowest BCUT2D eigenvalue weighted by Gasteiger charge is -2.45. The molecule has 0 aromatic carbocycles. The Morgan fingerprint density at radius 3 is 2.65 bits per heavy atom. The average molecular weight is 253 g/mol. The van der Waals surface area contributed by atoms with Crippen LogP contribution >= 0.6 is 11.3 Å². The predicted molar refractivity (Wildman–Crippen MR) is 73.4 cm³/mol. The number of rotatable bonds is 4. The van der Waals surface area contributed by atoms with Gasteiger partial charge in [-0.25, -0.2) is 0 Å². The molecule has 1 aliphatic heterocycles. The third kappa shape index (κ3) is 2.56. The van der Waals surface area contributed by atoms with E-state index in [0.29, 0.717) is 0 Å². The number of nitrogens with zero attached hydrogens (tertiary/aromatic N) is 1. The highest BCUT2D eigenvalue weighted by molar-refractivity contribution is 7.10. The van der Waals surface area contributed by atoms with Crippen LogP contribution in [0, 0.1) is 0 Å². The molecule has 1 fully saturated rings. The van der Waals surface area contributed by atoms with Crippen molar-refractivity contribution < 1.29 is 5.11 Å². The van der Waals surface area contributed by atoms with Crippen molar-refractivity contribution in [3.63, 3.8) is 0 Å². The van der Waals surface area contributed by atoms with Crippen molar-refractivity contribution in [2.24, 2.45) is 0 Å². The molecule has 96 valence electrons. The maximum atomic E-state index is 10.6. The Morgan fingerprint density at radius 1 is 1.41 bits per heavy atom. The maximum absolute atomic E-state index is 10.6. The van der Waals surface area contributed by atoms with Crippen LogP contribution in [-0.2, 0) is 0 Å². The summed E-state index contributed by atoms with van der Waals surface area (Å²) in [6.07, 6.45) is 4.52. The third-order valence-electron chi connectivity index (χ3n) is 4.20. The molecule has 1 aromatic rings. The number of aliphatic hydroxyl groups is 1. The molecule has 3 heteroatoms. The summed E-state index contributed by atoms with van der Waals surface area (Å²) in [7, 11) is 0. The van der Waals surface area contributed by atoms with Gasteiger partial charge in [0.1, 0.15) is 6.10 Å². The van der Waals surface area contributed by atoms with Crippen molar-refractivity contribution in [2.45, 2.75) is 51.2 Å². The topological polar surface area (TPSA) is 23.5 Å². The Balaban J connectivity index is 2.17. The van der Waals surface area contributed by atoms with Crippen LogP contribution in [0.5, 0.6) is 0 Å². The minimum Gasteiger partial charge on any atom is -0.386 e. The second-order valence-corrected chi connectivity index (χ2v) is 6.16. The van der Waals surface area contributed by atoms with Gasteiger partial charge in [0, 0.05) is 10.4 Å². The Morgan fingerprint density at radius 2 is 2.12 bits per heavy atom. The number of thiophene rings is 1. The summed E-state index contributed by atoms with van der Waals surface area (Å²) in [6, 6.07) is 4.07. The highest BCUT2D eigenvalue weighted by Crippen LogP contribution is 2.37. The fourth-order valence-electron chi connectivity index (χ4n) is 2.75. The molecular weight excluding hydrogens is 230 g/mol. The first kappa shape index (κ1) is 13.1. The number of hydrogen-bond acceptors (Lipinski definition) is 3. The molecule has 1 saturated heterocycles. The fourth-order valence-corrected chi connectivity index (χ4v) is 3.60. The molecule has 1 aliphatic rings. The van der Waals surface area contributed by atoms with Crippen LogP contribution in [0.4, 0.5) is 0 Å². The number of hydrogen-bond donors (Lipinski definition) is 1. The molecule has 0 aliphatic carbocycles. The first-order chi connectivity index (χ1) is 8.18. The summed E-state index contributed by atoms with van der Waals surface area (Å²) in [5.74, 6) is 0. The Labute approximate surface area is 108 Å². The van der Waals surface area contributed by atoms with E-state index in [1.807, 2.05) is 17.5 Å². The molecule has 0 amide bonds. The molecule has 2 nitrogen and oxygen atoms in total. The normalized spacial score (nSPS) is 23.2. The SMILES string of the molecule is CCC(C)(C(O)c1cccs1)N1CCCCC1. The first-order valence-electron chi connectivity index (χ1n) is 6.65. The lowest BCUT2D eigenvalue weighted by atomic mass is 9.86. The van der Waals surface area contributed by atoms with E-state index in [9.17, 15) is 5.11 Å². The lowest BCUT2D eigenvalue weighted by molar-refractivity contribution is -0.0335. The molecule has 0 bridgehead atoms. The summed E-state index contributed by atoms with van der Waals surface area (Å²) < 4.78 is 0. The van der Waals surface area contributed by atoms with E-state index < -0.39 is 0 Å². The van der Waals surface area contributed by atoms with E-state index in [2.05, 4.69) is 18.7 Å². The van der Waals surface area contributed by atoms with Crippen molar-refractivity contribution >= 4 is 11.3 Å². The van der Waals surface area contributed by atoms with E-state index in [0.717, 1.165) is 24.4 Å². The summed E-state index contributed by atoms with van der Waals surface area (Å²) >= 11 is 1.66. The molecule has 2 heterocycles. The third-order valence-corrected chi connectivity index (χ3v) is 5.12. The average Bonchev–Trinajstić information content (AvgIpc) is 2.92. The van der Waals surface area contributed by atoms with Crippen molar-refractivity contribution in [3.05, 3.63) is 22.4 Å². The van der Waals surface area contributed by atoms with Crippen LogP contribution in [0.2, 0.25) is 0 Å². The summed E-state index contributed by atoms with van der Waals surface area (Å²) in [5.41, 5.74) is -0.106. The highest BCUT2D eigenvalue weighted by atomic mass is 32.1. The predicted octanol–water partition coefficient (Wildman–Crippen LogP) is 3.44. The van der Waals surface area contributed by atoms with Gasteiger partial charge >= 0.3 is 0 Å². The molecule has 2 atom stereocenters. The zero-order valence-electron chi connectivity index (χ0n) is 10.9. The quantitative estimate of drug-likeness (QED) is 0.888. The van der Waals surface area contributed by atoms with Crippen molar-refractivity contribution in [3.8, 4) is 0 Å². The Bertz CT molecular complexity index is 332. The zero-order chi connectivity index (χ0) is 12.3. The number of aliphatic hydroxyl groups excluding tert-OH is 1. The van der Waals surface area contributed by atoms with Gasteiger partial charge in [0.2, 0.25) is 0 Å². The number of likely N-dealkylation sites (tertiary alicyclic amines) is 1. The summed E-state index contributed by atoms with van der Waals surface area (Å²) in [5, 5.41) is 12.7. The monoisotopic (exact) mass is 253 g/mol. The number of piperidine rings is 1. The summed E-state index contributed by atoms with van der Waals surface area (Å²) in [4.78, 5) is 3.58. The van der Waals surface area contributed by atoms with E-state index >= 15 is 0 Å². The van der Waals surface area contributed by atoms with Gasteiger partial charge in [0.15, 0.2) is 0 Å². The van der Waals surface area contributed by atoms with Crippen LogP contribution in [0.25, 0.3) is 0 Å². The van der Waals surface area contributed by atoms with Crippen LogP contribution in [-0.4, -0.2) is 28.6 Å². The molecule has 1 aromatic heterocycles. The van der Waals surface area contributed by atoms with Gasteiger partial charge < -0.3 is 5.11 Å². The maximum Gasteiger partial charge on any atom is 0.106 e. The summed E-state index contributed by atoms with van der Waals surface area (Å²) in [6.45, 7) is 6.66. The molecule has 0 saturated carbocycles. The van der Waals surface area contributed by atoms with Crippen molar-refractivity contribution in [1.82, 2.24) is 4.90 Å². The smallest absolute Gasteiger partial charge is 0.106 e. The standard InChI is InChI=1S/C14H23NOS/c1-3-14(2,15-9-5-4-6-10-15)13(16)12-8-7-11-17-12/h7-8,11,13,16H,3-6,9-10H2,1-2H3. The minimum absolute atomic E-state index is 0.106. The van der Waals surface area contributed by atoms with Crippen molar-refractivity contribution in [2.75, 3.05) is 13.1 Å². The highest BCUT2D eigenvalue weighted by Gasteiger charge is 2.38. The van der Waals surface area contributed by atoms with Crippen LogP contribution in [0.15, 0.2) is 17.5 Å². The second kappa shape index (κ2) is 5.51. The lowest BCUT2D eigenvalue weighted by Crippen LogP contribution is -2.52. The van der Waals surface area contributed by atoms with Crippen LogP contribution < -0.4 is 0 Å². The largest absolute Gasteiger partial charge is 0.386 e.